The molecule has 0 aliphatic carbocycles. The van der Waals surface area contributed by atoms with Crippen molar-refractivity contribution in [2.75, 3.05) is 13.1 Å². The Kier molecular flexibility index (Phi) is 6.64. The summed E-state index contributed by atoms with van der Waals surface area (Å²) in [6.45, 7) is 2.56. The maximum Gasteiger partial charge on any atom is 0.243 e. The molecule has 0 atom stereocenters. The van der Waals surface area contributed by atoms with Gasteiger partial charge in [0.2, 0.25) is 15.9 Å². The van der Waals surface area contributed by atoms with E-state index in [0.717, 1.165) is 15.6 Å². The first-order chi connectivity index (χ1) is 13.4. The fourth-order valence-electron chi connectivity index (χ4n) is 3.07. The summed E-state index contributed by atoms with van der Waals surface area (Å²) < 4.78 is 27.8. The van der Waals surface area contributed by atoms with Crippen molar-refractivity contribution >= 4 is 38.1 Å². The smallest absolute Gasteiger partial charge is 0.243 e. The third-order valence-corrected chi connectivity index (χ3v) is 7.13. The molecule has 0 aromatic heterocycles. The molecule has 0 unspecified atom stereocenters. The van der Waals surface area contributed by atoms with Crippen LogP contribution in [0.3, 0.4) is 0 Å². The molecule has 1 saturated heterocycles. The van der Waals surface area contributed by atoms with E-state index in [-0.39, 0.29) is 11.8 Å². The number of carbonyl (C=O) groups excluding carboxylic acids is 1. The Morgan fingerprint density at radius 2 is 1.86 bits per heavy atom. The van der Waals surface area contributed by atoms with Crippen LogP contribution in [0.1, 0.15) is 24.0 Å². The molecule has 2 aromatic rings. The summed E-state index contributed by atoms with van der Waals surface area (Å²) in [7, 11) is -3.52. The van der Waals surface area contributed by atoms with Gasteiger partial charge in [-0.1, -0.05) is 45.8 Å². The minimum atomic E-state index is -3.52. The maximum atomic E-state index is 12.7. The van der Waals surface area contributed by atoms with E-state index >= 15 is 0 Å². The van der Waals surface area contributed by atoms with Crippen LogP contribution in [0.4, 0.5) is 0 Å². The Morgan fingerprint density at radius 1 is 1.18 bits per heavy atom. The standard InChI is InChI=1S/C20H22BrN3O3S/c1-15-5-7-19(8-6-15)28(26,27)24-11-9-17(10-12-24)20(25)23-22-14-16-3-2-4-18(21)13-16/h2-8,13-14,17H,9-12H2,1H3,(H,23,25)/b22-14-. The Bertz CT molecular complexity index is 966. The highest BCUT2D eigenvalue weighted by molar-refractivity contribution is 9.10. The molecular weight excluding hydrogens is 442 g/mol. The predicted octanol–water partition coefficient (Wildman–Crippen LogP) is 3.31. The lowest BCUT2D eigenvalue weighted by atomic mass is 9.98. The molecular formula is C20H22BrN3O3S. The second-order valence-corrected chi connectivity index (χ2v) is 9.63. The molecule has 8 heteroatoms. The monoisotopic (exact) mass is 463 g/mol. The minimum Gasteiger partial charge on any atom is -0.273 e. The second-order valence-electron chi connectivity index (χ2n) is 6.78. The largest absolute Gasteiger partial charge is 0.273 e. The molecule has 6 nitrogen and oxygen atoms in total. The third-order valence-electron chi connectivity index (χ3n) is 4.72. The highest BCUT2D eigenvalue weighted by Gasteiger charge is 2.31. The molecule has 1 N–H and O–H groups in total. The van der Waals surface area contributed by atoms with Crippen LogP contribution < -0.4 is 5.43 Å². The summed E-state index contributed by atoms with van der Waals surface area (Å²) in [6, 6.07) is 14.4. The summed E-state index contributed by atoms with van der Waals surface area (Å²) in [5.41, 5.74) is 4.44. The van der Waals surface area contributed by atoms with Gasteiger partial charge in [-0.3, -0.25) is 4.79 Å². The van der Waals surface area contributed by atoms with Crippen molar-refractivity contribution in [1.29, 1.82) is 0 Å². The van der Waals surface area contributed by atoms with Crippen LogP contribution in [0.25, 0.3) is 0 Å². The number of nitrogens with zero attached hydrogens (tertiary/aromatic N) is 2. The molecule has 0 spiro atoms. The lowest BCUT2D eigenvalue weighted by Crippen LogP contribution is -2.42. The molecule has 0 bridgehead atoms. The predicted molar refractivity (Wildman–Crippen MR) is 113 cm³/mol. The van der Waals surface area contributed by atoms with E-state index in [1.807, 2.05) is 31.2 Å². The van der Waals surface area contributed by atoms with Crippen LogP contribution in [0.15, 0.2) is 63.0 Å². The highest BCUT2D eigenvalue weighted by atomic mass is 79.9. The summed E-state index contributed by atoms with van der Waals surface area (Å²) in [5.74, 6) is -0.428. The zero-order valence-corrected chi connectivity index (χ0v) is 17.9. The SMILES string of the molecule is Cc1ccc(S(=O)(=O)N2CCC(C(=O)N/N=C\c3cccc(Br)c3)CC2)cc1. The summed E-state index contributed by atoms with van der Waals surface area (Å²) in [6.07, 6.45) is 2.53. The lowest BCUT2D eigenvalue weighted by Gasteiger charge is -2.30. The molecule has 3 rings (SSSR count). The van der Waals surface area contributed by atoms with Gasteiger partial charge in [0.1, 0.15) is 0 Å². The molecule has 148 valence electrons. The van der Waals surface area contributed by atoms with Gasteiger partial charge in [-0.05, 0) is 49.6 Å². The quantitative estimate of drug-likeness (QED) is 0.545. The van der Waals surface area contributed by atoms with Gasteiger partial charge in [-0.25, -0.2) is 13.8 Å². The zero-order chi connectivity index (χ0) is 20.1. The van der Waals surface area contributed by atoms with Crippen LogP contribution in [0, 0.1) is 12.8 Å². The minimum absolute atomic E-state index is 0.182. The van der Waals surface area contributed by atoms with Crippen LogP contribution in [-0.4, -0.2) is 37.9 Å². The topological polar surface area (TPSA) is 78.8 Å². The summed E-state index contributed by atoms with van der Waals surface area (Å²) in [4.78, 5) is 12.6. The first-order valence-corrected chi connectivity index (χ1v) is 11.2. The Balaban J connectivity index is 1.54. The van der Waals surface area contributed by atoms with Crippen molar-refractivity contribution in [3.8, 4) is 0 Å². The fourth-order valence-corrected chi connectivity index (χ4v) is 4.95. The number of hydrogen-bond donors (Lipinski definition) is 1. The average molecular weight is 464 g/mol. The van der Waals surface area contributed by atoms with Crippen LogP contribution >= 0.6 is 15.9 Å². The van der Waals surface area contributed by atoms with E-state index in [9.17, 15) is 13.2 Å². The molecule has 0 saturated carbocycles. The first-order valence-electron chi connectivity index (χ1n) is 9.01. The van der Waals surface area contributed by atoms with Crippen LogP contribution in [0.2, 0.25) is 0 Å². The number of sulfonamides is 1. The van der Waals surface area contributed by atoms with E-state index in [1.54, 1.807) is 30.5 Å². The number of hydrazone groups is 1. The van der Waals surface area contributed by atoms with Gasteiger partial charge < -0.3 is 0 Å². The van der Waals surface area contributed by atoms with Crippen molar-refractivity contribution in [3.05, 3.63) is 64.1 Å². The van der Waals surface area contributed by atoms with Gasteiger partial charge in [0.05, 0.1) is 11.1 Å². The lowest BCUT2D eigenvalue weighted by molar-refractivity contribution is -0.126. The Hall–Kier alpha value is -2.03. The van der Waals surface area contributed by atoms with Gasteiger partial charge in [0.15, 0.2) is 0 Å². The average Bonchev–Trinajstić information content (AvgIpc) is 2.68. The number of piperidine rings is 1. The number of aryl methyl sites for hydroxylation is 1. The zero-order valence-electron chi connectivity index (χ0n) is 15.5. The van der Waals surface area contributed by atoms with Gasteiger partial charge in [0.25, 0.3) is 0 Å². The molecule has 28 heavy (non-hydrogen) atoms. The van der Waals surface area contributed by atoms with Gasteiger partial charge in [-0.15, -0.1) is 0 Å². The molecule has 1 amide bonds. The number of nitrogens with one attached hydrogen (secondary N) is 1. The van der Waals surface area contributed by atoms with E-state index in [1.165, 1.54) is 4.31 Å². The van der Waals surface area contributed by atoms with Crippen molar-refractivity contribution < 1.29 is 13.2 Å². The Labute approximate surface area is 173 Å². The number of rotatable bonds is 5. The van der Waals surface area contributed by atoms with Crippen LogP contribution in [0.5, 0.6) is 0 Å². The van der Waals surface area contributed by atoms with E-state index in [2.05, 4.69) is 26.5 Å². The number of halogens is 1. The number of amides is 1. The summed E-state index contributed by atoms with van der Waals surface area (Å²) >= 11 is 3.38. The molecule has 1 aliphatic heterocycles. The normalized spacial score (nSPS) is 16.4. The number of benzene rings is 2. The van der Waals surface area contributed by atoms with Gasteiger partial charge in [-0.2, -0.15) is 9.41 Å². The maximum absolute atomic E-state index is 12.7. The van der Waals surface area contributed by atoms with E-state index in [0.29, 0.717) is 30.8 Å². The third kappa shape index (κ3) is 5.06. The Morgan fingerprint density at radius 3 is 2.50 bits per heavy atom. The van der Waals surface area contributed by atoms with Gasteiger partial charge >= 0.3 is 0 Å². The molecule has 1 heterocycles. The van der Waals surface area contributed by atoms with Crippen molar-refractivity contribution in [2.24, 2.45) is 11.0 Å². The molecule has 2 aromatic carbocycles. The van der Waals surface area contributed by atoms with Crippen molar-refractivity contribution in [3.63, 3.8) is 0 Å². The van der Waals surface area contributed by atoms with Crippen molar-refractivity contribution in [1.82, 2.24) is 9.73 Å². The number of carbonyl (C=O) groups is 1. The second kappa shape index (κ2) is 8.98. The first kappa shape index (κ1) is 20.7. The van der Waals surface area contributed by atoms with Crippen molar-refractivity contribution in [2.45, 2.75) is 24.7 Å². The van der Waals surface area contributed by atoms with Gasteiger partial charge in [0, 0.05) is 23.5 Å². The van der Waals surface area contributed by atoms with Crippen LogP contribution in [-0.2, 0) is 14.8 Å². The number of hydrogen-bond acceptors (Lipinski definition) is 4. The highest BCUT2D eigenvalue weighted by Crippen LogP contribution is 2.24. The van der Waals surface area contributed by atoms with E-state index in [4.69, 9.17) is 0 Å². The molecule has 1 aliphatic rings. The van der Waals surface area contributed by atoms with E-state index < -0.39 is 10.0 Å². The molecule has 0 radical (unpaired) electrons. The summed E-state index contributed by atoms with van der Waals surface area (Å²) in [5, 5.41) is 4.00. The molecule has 1 fully saturated rings. The fraction of sp³-hybridized carbons (Fsp3) is 0.300.